The van der Waals surface area contributed by atoms with E-state index in [1.807, 2.05) is 0 Å². The number of aromatic hydroxyl groups is 1. The van der Waals surface area contributed by atoms with E-state index < -0.39 is 5.92 Å². The molecule has 4 nitrogen and oxygen atoms in total. The largest absolute Gasteiger partial charge is 0.511 e. The zero-order chi connectivity index (χ0) is 13.6. The summed E-state index contributed by atoms with van der Waals surface area (Å²) in [6, 6.07) is 4.85. The molecule has 4 heteroatoms. The summed E-state index contributed by atoms with van der Waals surface area (Å²) in [6.45, 7) is -0.199. The number of allylic oxidation sites excluding steroid dienone is 2. The fourth-order valence-corrected chi connectivity index (χ4v) is 2.56. The number of carbonyl (C=O) groups excluding carboxylic acids is 1. The Morgan fingerprint density at radius 1 is 1.11 bits per heavy atom. The second-order valence-electron chi connectivity index (χ2n) is 4.63. The van der Waals surface area contributed by atoms with Gasteiger partial charge in [-0.2, -0.15) is 0 Å². The van der Waals surface area contributed by atoms with Gasteiger partial charge in [0.2, 0.25) is 0 Å². The Morgan fingerprint density at radius 2 is 1.89 bits per heavy atom. The van der Waals surface area contributed by atoms with Crippen LogP contribution in [0.25, 0.3) is 6.08 Å². The first kappa shape index (κ1) is 11.7. The molecular formula is C15H12O4. The Morgan fingerprint density at radius 3 is 2.63 bits per heavy atom. The van der Waals surface area contributed by atoms with E-state index >= 15 is 0 Å². The number of rotatable bonds is 1. The Balaban J connectivity index is 2.22. The number of phenolic OH excluding ortho intramolecular Hbond substituents is 1. The number of phenols is 1. The Bertz CT molecular complexity index is 665. The van der Waals surface area contributed by atoms with Crippen LogP contribution in [-0.2, 0) is 0 Å². The normalized spacial score (nSPS) is 21.0. The van der Waals surface area contributed by atoms with Gasteiger partial charge in [-0.3, -0.25) is 4.79 Å². The van der Waals surface area contributed by atoms with Gasteiger partial charge >= 0.3 is 0 Å². The van der Waals surface area contributed by atoms with Crippen molar-refractivity contribution >= 4 is 11.9 Å². The maximum atomic E-state index is 12.4. The number of carbonyl (C=O) groups is 1. The third-order valence-corrected chi connectivity index (χ3v) is 3.40. The molecule has 0 saturated carbocycles. The quantitative estimate of drug-likeness (QED) is 0.717. The summed E-state index contributed by atoms with van der Waals surface area (Å²) in [6.07, 6.45) is 4.83. The molecule has 0 fully saturated rings. The number of aliphatic hydroxyl groups is 2. The molecule has 0 heterocycles. The third kappa shape index (κ3) is 1.69. The molecule has 0 saturated heterocycles. The van der Waals surface area contributed by atoms with Crippen molar-refractivity contribution in [3.63, 3.8) is 0 Å². The van der Waals surface area contributed by atoms with E-state index in [0.717, 1.165) is 0 Å². The van der Waals surface area contributed by atoms with Crippen molar-refractivity contribution in [3.8, 4) is 5.75 Å². The smallest absolute Gasteiger partial charge is 0.182 e. The average molecular weight is 256 g/mol. The van der Waals surface area contributed by atoms with E-state index in [1.165, 1.54) is 12.1 Å². The topological polar surface area (TPSA) is 77.8 Å². The molecule has 1 aromatic carbocycles. The highest BCUT2D eigenvalue weighted by Gasteiger charge is 2.35. The van der Waals surface area contributed by atoms with Crippen LogP contribution in [0, 0.1) is 5.92 Å². The van der Waals surface area contributed by atoms with Crippen LogP contribution in [-0.4, -0.2) is 27.7 Å². The molecule has 0 radical (unpaired) electrons. The summed E-state index contributed by atoms with van der Waals surface area (Å²) < 4.78 is 0. The molecule has 0 aromatic heterocycles. The average Bonchev–Trinajstić information content (AvgIpc) is 2.37. The van der Waals surface area contributed by atoms with Crippen LogP contribution in [0.2, 0.25) is 0 Å². The molecule has 0 aliphatic heterocycles. The minimum absolute atomic E-state index is 0.0810. The van der Waals surface area contributed by atoms with E-state index in [0.29, 0.717) is 16.7 Å². The van der Waals surface area contributed by atoms with Crippen molar-refractivity contribution in [2.45, 2.75) is 0 Å². The minimum Gasteiger partial charge on any atom is -0.511 e. The summed E-state index contributed by atoms with van der Waals surface area (Å²) in [4.78, 5) is 12.4. The Hall–Kier alpha value is -2.33. The van der Waals surface area contributed by atoms with Crippen molar-refractivity contribution in [1.29, 1.82) is 0 Å². The highest BCUT2D eigenvalue weighted by molar-refractivity contribution is 6.09. The Labute approximate surface area is 109 Å². The van der Waals surface area contributed by atoms with Gasteiger partial charge in [0.05, 0.1) is 12.2 Å². The number of hydrogen-bond donors (Lipinski definition) is 3. The molecule has 96 valence electrons. The van der Waals surface area contributed by atoms with Crippen LogP contribution in [0.4, 0.5) is 0 Å². The number of fused-ring (bicyclic) bond motifs is 2. The second-order valence-corrected chi connectivity index (χ2v) is 4.63. The second kappa shape index (κ2) is 4.10. The van der Waals surface area contributed by atoms with Crippen LogP contribution in [0.5, 0.6) is 5.75 Å². The highest BCUT2D eigenvalue weighted by atomic mass is 16.3. The van der Waals surface area contributed by atoms with Gasteiger partial charge in [0.15, 0.2) is 5.78 Å². The van der Waals surface area contributed by atoms with E-state index in [-0.39, 0.29) is 29.5 Å². The molecule has 0 spiro atoms. The number of Topliss-reactive ketones (excluding diaryl/α,β-unsaturated/α-hetero) is 1. The number of benzene rings is 1. The lowest BCUT2D eigenvalue weighted by Crippen LogP contribution is -2.25. The maximum absolute atomic E-state index is 12.4. The van der Waals surface area contributed by atoms with Gasteiger partial charge in [-0.25, -0.2) is 0 Å². The van der Waals surface area contributed by atoms with Gasteiger partial charge < -0.3 is 15.3 Å². The van der Waals surface area contributed by atoms with Crippen LogP contribution in [0.1, 0.15) is 15.9 Å². The van der Waals surface area contributed by atoms with Gasteiger partial charge in [-0.05, 0) is 34.9 Å². The van der Waals surface area contributed by atoms with E-state index in [2.05, 4.69) is 0 Å². The fourth-order valence-electron chi connectivity index (χ4n) is 2.56. The third-order valence-electron chi connectivity index (χ3n) is 3.40. The fraction of sp³-hybridized carbons (Fsp3) is 0.133. The molecule has 3 N–H and O–H groups in total. The minimum atomic E-state index is -0.781. The van der Waals surface area contributed by atoms with E-state index in [9.17, 15) is 15.0 Å². The number of hydrogen-bond acceptors (Lipinski definition) is 4. The van der Waals surface area contributed by atoms with Crippen LogP contribution in [0.3, 0.4) is 0 Å². The number of ketones is 1. The molecule has 2 aliphatic rings. The van der Waals surface area contributed by atoms with Crippen LogP contribution in [0.15, 0.2) is 47.3 Å². The first-order valence-corrected chi connectivity index (χ1v) is 5.91. The van der Waals surface area contributed by atoms with Crippen LogP contribution >= 0.6 is 0 Å². The van der Waals surface area contributed by atoms with Crippen molar-refractivity contribution in [2.24, 2.45) is 5.92 Å². The molecule has 1 unspecified atom stereocenters. The lowest BCUT2D eigenvalue weighted by atomic mass is 9.77. The highest BCUT2D eigenvalue weighted by Crippen LogP contribution is 2.39. The van der Waals surface area contributed by atoms with Crippen molar-refractivity contribution in [1.82, 2.24) is 0 Å². The monoisotopic (exact) mass is 256 g/mol. The van der Waals surface area contributed by atoms with Gasteiger partial charge in [-0.15, -0.1) is 0 Å². The van der Waals surface area contributed by atoms with Gasteiger partial charge in [0.25, 0.3) is 0 Å². The summed E-state index contributed by atoms with van der Waals surface area (Å²) in [7, 11) is 0. The molecule has 19 heavy (non-hydrogen) atoms. The first-order valence-electron chi connectivity index (χ1n) is 5.91. The zero-order valence-electron chi connectivity index (χ0n) is 10.00. The summed E-state index contributed by atoms with van der Waals surface area (Å²) >= 11 is 0. The zero-order valence-corrected chi connectivity index (χ0v) is 10.00. The molecule has 0 amide bonds. The summed E-state index contributed by atoms with van der Waals surface area (Å²) in [5.74, 6) is -1.29. The predicted molar refractivity (Wildman–Crippen MR) is 69.8 cm³/mol. The van der Waals surface area contributed by atoms with Gasteiger partial charge in [0.1, 0.15) is 17.4 Å². The lowest BCUT2D eigenvalue weighted by Gasteiger charge is -2.26. The standard InChI is InChI=1S/C15H12O4/c16-7-8-4-10-6-9-2-1-3-11(17)13(9)15(19)14(10)12(18)5-8/h1-6,14,16-18H,7H2. The first-order chi connectivity index (χ1) is 9.11. The molecule has 0 bridgehead atoms. The molecule has 2 aliphatic carbocycles. The molecular weight excluding hydrogens is 244 g/mol. The van der Waals surface area contributed by atoms with E-state index in [1.54, 1.807) is 24.3 Å². The lowest BCUT2D eigenvalue weighted by molar-refractivity contribution is 0.0930. The van der Waals surface area contributed by atoms with Crippen molar-refractivity contribution < 1.29 is 20.1 Å². The Kier molecular flexibility index (Phi) is 2.54. The van der Waals surface area contributed by atoms with Gasteiger partial charge in [0, 0.05) is 0 Å². The van der Waals surface area contributed by atoms with Crippen molar-refractivity contribution in [3.05, 3.63) is 58.4 Å². The van der Waals surface area contributed by atoms with Gasteiger partial charge in [-0.1, -0.05) is 18.2 Å². The number of aliphatic hydroxyl groups excluding tert-OH is 2. The molecule has 3 rings (SSSR count). The predicted octanol–water partition coefficient (Wildman–Crippen LogP) is 1.96. The molecule has 1 atom stereocenters. The van der Waals surface area contributed by atoms with Crippen molar-refractivity contribution in [2.75, 3.05) is 6.61 Å². The SMILES string of the molecule is O=C1c2c(O)cccc2C=C2C=C(CO)C=C(O)C12. The van der Waals surface area contributed by atoms with E-state index in [4.69, 9.17) is 5.11 Å². The molecule has 1 aromatic rings. The summed E-state index contributed by atoms with van der Waals surface area (Å²) in [5.41, 5.74) is 2.04. The summed E-state index contributed by atoms with van der Waals surface area (Å²) in [5, 5.41) is 28.9. The van der Waals surface area contributed by atoms with Crippen LogP contribution < -0.4 is 0 Å². The maximum Gasteiger partial charge on any atom is 0.182 e.